The number of hydrogen-bond acceptors (Lipinski definition) is 7. The van der Waals surface area contributed by atoms with Gasteiger partial charge in [-0.1, -0.05) is 42.5 Å². The van der Waals surface area contributed by atoms with E-state index in [9.17, 15) is 47.6 Å². The third-order valence-corrected chi connectivity index (χ3v) is 12.3. The number of ether oxygens (including phenoxy) is 1. The van der Waals surface area contributed by atoms with Crippen molar-refractivity contribution in [1.82, 2.24) is 0 Å². The fourth-order valence-corrected chi connectivity index (χ4v) is 8.79. The standard InChI is InChI=1S/C40H38F7N4O5S2/c1-5-48-32-22-21-31(29-11-9-10-12-30(29)32)33(25-13-17-27(18-14-25)50(6-2)7-3)26-15-19-28(20-16-26)51(8-4)23-24-56-38-34(41)36(43)39(37(44)35(38)42)57(52,53)49-58(54,55)40(45,46)47/h9-22H,5-8,23-24H2,1-4H3/q-1/p+1/b33-31-,48-32?. The molecule has 0 bridgehead atoms. The highest BCUT2D eigenvalue weighted by molar-refractivity contribution is 8.12. The molecule has 18 heteroatoms. The maximum Gasteiger partial charge on any atom is 0.480 e. The number of nitrogens with zero attached hydrogens (tertiary/aromatic N) is 3. The molecule has 5 rings (SSSR count). The van der Waals surface area contributed by atoms with E-state index in [1.165, 1.54) is 4.13 Å². The summed E-state index contributed by atoms with van der Waals surface area (Å²) in [6.07, 6.45) is 4.12. The normalized spacial score (nSPS) is 14.7. The summed E-state index contributed by atoms with van der Waals surface area (Å²) in [5.74, 6) is -12.0. The van der Waals surface area contributed by atoms with Gasteiger partial charge < -0.3 is 18.7 Å². The average Bonchev–Trinajstić information content (AvgIpc) is 3.18. The van der Waals surface area contributed by atoms with E-state index < -0.39 is 66.1 Å². The number of rotatable bonds is 15. The number of halogens is 7. The van der Waals surface area contributed by atoms with Crippen molar-refractivity contribution in [2.24, 2.45) is 0 Å². The Kier molecular flexibility index (Phi) is 13.4. The zero-order valence-corrected chi connectivity index (χ0v) is 33.3. The van der Waals surface area contributed by atoms with Gasteiger partial charge in [-0.2, -0.15) is 22.0 Å². The Labute approximate surface area is 332 Å². The van der Waals surface area contributed by atoms with Crippen LogP contribution in [0.2, 0.25) is 0 Å². The van der Waals surface area contributed by atoms with E-state index in [1.807, 2.05) is 49.4 Å². The van der Waals surface area contributed by atoms with Crippen LogP contribution in [-0.4, -0.2) is 67.4 Å². The molecule has 0 fully saturated rings. The molecule has 0 saturated heterocycles. The van der Waals surface area contributed by atoms with E-state index in [2.05, 4.69) is 66.2 Å². The molecule has 0 spiro atoms. The summed E-state index contributed by atoms with van der Waals surface area (Å²) in [7, 11) is -13.3. The Hall–Kier alpha value is -5.20. The topological polar surface area (TPSA) is 112 Å². The number of likely N-dealkylation sites (N-methyl/N-ethyl adjacent to an activating group) is 1. The second-order valence-corrected chi connectivity index (χ2v) is 16.1. The van der Waals surface area contributed by atoms with Crippen LogP contribution in [0.3, 0.4) is 0 Å². The van der Waals surface area contributed by atoms with Gasteiger partial charge in [0.05, 0.1) is 12.1 Å². The summed E-state index contributed by atoms with van der Waals surface area (Å²) in [6.45, 7) is 9.99. The van der Waals surface area contributed by atoms with E-state index in [4.69, 9.17) is 4.74 Å². The summed E-state index contributed by atoms with van der Waals surface area (Å²) < 4.78 is 151. The first-order valence-corrected chi connectivity index (χ1v) is 20.9. The van der Waals surface area contributed by atoms with Gasteiger partial charge in [-0.25, -0.2) is 30.6 Å². The van der Waals surface area contributed by atoms with Crippen LogP contribution in [0.5, 0.6) is 5.75 Å². The summed E-state index contributed by atoms with van der Waals surface area (Å²) in [5, 5.41) is 0. The van der Waals surface area contributed by atoms with Gasteiger partial charge in [-0.15, -0.1) is 0 Å². The number of anilines is 2. The Bertz CT molecular complexity index is 2440. The SMILES string of the molecule is CC[NH+]=C1C=C/C(=C(\c2ccc(N(CC)CC)cc2)c2ccc(N(CC)CCOc3c(F)c(F)c(S(=O)(=O)[N-]S(=O)(=O)C(F)(F)F)c(F)c3F)cc2)c2ccccc21. The predicted octanol–water partition coefficient (Wildman–Crippen LogP) is 7.33. The summed E-state index contributed by atoms with van der Waals surface area (Å²) in [4.78, 5) is 4.71. The Morgan fingerprint density at radius 3 is 1.67 bits per heavy atom. The van der Waals surface area contributed by atoms with Gasteiger partial charge in [-0.05, 0) is 91.9 Å². The first kappa shape index (κ1) is 43.9. The highest BCUT2D eigenvalue weighted by Gasteiger charge is 2.42. The molecule has 1 aliphatic carbocycles. The van der Waals surface area contributed by atoms with E-state index in [-0.39, 0.29) is 6.54 Å². The molecule has 58 heavy (non-hydrogen) atoms. The van der Waals surface area contributed by atoms with Gasteiger partial charge >= 0.3 is 5.51 Å². The van der Waals surface area contributed by atoms with Crippen molar-refractivity contribution in [3.8, 4) is 5.75 Å². The molecule has 0 radical (unpaired) electrons. The van der Waals surface area contributed by atoms with Crippen LogP contribution < -0.4 is 19.5 Å². The quantitative estimate of drug-likeness (QED) is 0.0986. The van der Waals surface area contributed by atoms with E-state index in [1.54, 1.807) is 11.8 Å². The van der Waals surface area contributed by atoms with E-state index in [0.717, 1.165) is 64.4 Å². The maximum absolute atomic E-state index is 14.9. The zero-order valence-electron chi connectivity index (χ0n) is 31.7. The van der Waals surface area contributed by atoms with Gasteiger partial charge in [0, 0.05) is 37.1 Å². The monoisotopic (exact) mass is 852 g/mol. The average molecular weight is 853 g/mol. The van der Waals surface area contributed by atoms with Crippen molar-refractivity contribution in [2.45, 2.75) is 38.1 Å². The number of alkyl halides is 3. The van der Waals surface area contributed by atoms with E-state index >= 15 is 0 Å². The minimum Gasteiger partial charge on any atom is -0.486 e. The molecule has 1 N–H and O–H groups in total. The maximum atomic E-state index is 14.9. The molecule has 0 saturated carbocycles. The van der Waals surface area contributed by atoms with Crippen molar-refractivity contribution in [3.63, 3.8) is 0 Å². The lowest BCUT2D eigenvalue weighted by atomic mass is 9.83. The molecular weight excluding hydrogens is 814 g/mol. The Morgan fingerprint density at radius 2 is 1.19 bits per heavy atom. The lowest BCUT2D eigenvalue weighted by Crippen LogP contribution is -2.72. The van der Waals surface area contributed by atoms with Crippen molar-refractivity contribution in [2.75, 3.05) is 49.1 Å². The number of sulfonamides is 2. The molecule has 310 valence electrons. The number of hydrogen-bond donors (Lipinski definition) is 1. The second-order valence-electron chi connectivity index (χ2n) is 12.7. The van der Waals surface area contributed by atoms with Gasteiger partial charge in [-0.3, -0.25) is 0 Å². The number of fused-ring (bicyclic) bond motifs is 1. The van der Waals surface area contributed by atoms with Crippen LogP contribution >= 0.6 is 0 Å². The van der Waals surface area contributed by atoms with Crippen molar-refractivity contribution in [1.29, 1.82) is 0 Å². The number of nitrogens with one attached hydrogen (secondary N) is 1. The van der Waals surface area contributed by atoms with Crippen molar-refractivity contribution in [3.05, 3.63) is 135 Å². The fraction of sp³-hybridized carbons (Fsp3) is 0.275. The van der Waals surface area contributed by atoms with Gasteiger partial charge in [0.15, 0.2) is 27.4 Å². The second kappa shape index (κ2) is 17.7. The van der Waals surface area contributed by atoms with Crippen LogP contribution in [-0.2, 0) is 20.0 Å². The molecule has 9 nitrogen and oxygen atoms in total. The van der Waals surface area contributed by atoms with Crippen molar-refractivity contribution < 1.29 is 57.3 Å². The highest BCUT2D eigenvalue weighted by atomic mass is 32.3. The smallest absolute Gasteiger partial charge is 0.480 e. The van der Waals surface area contributed by atoms with Crippen LogP contribution in [0.4, 0.5) is 42.1 Å². The van der Waals surface area contributed by atoms with Crippen LogP contribution in [0, 0.1) is 23.3 Å². The summed E-state index contributed by atoms with van der Waals surface area (Å²) >= 11 is 0. The first-order valence-electron chi connectivity index (χ1n) is 18.0. The third kappa shape index (κ3) is 8.93. The lowest BCUT2D eigenvalue weighted by molar-refractivity contribution is -0.450. The van der Waals surface area contributed by atoms with Gasteiger partial charge in [0.2, 0.25) is 17.3 Å². The molecule has 0 amide bonds. The van der Waals surface area contributed by atoms with Crippen LogP contribution in [0.15, 0.2) is 89.8 Å². The summed E-state index contributed by atoms with van der Waals surface area (Å²) in [6, 6.07) is 23.8. The molecule has 1 aliphatic rings. The third-order valence-electron chi connectivity index (χ3n) is 9.29. The van der Waals surface area contributed by atoms with Crippen LogP contribution in [0.1, 0.15) is 49.9 Å². The molecular formula is C40H39F7N4O5S2. The largest absolute Gasteiger partial charge is 0.486 e. The van der Waals surface area contributed by atoms with Crippen LogP contribution in [0.25, 0.3) is 15.3 Å². The molecule has 4 aromatic carbocycles. The molecule has 0 atom stereocenters. The zero-order chi connectivity index (χ0) is 42.6. The predicted molar refractivity (Wildman–Crippen MR) is 209 cm³/mol. The van der Waals surface area contributed by atoms with Crippen molar-refractivity contribution >= 4 is 48.3 Å². The molecule has 4 aromatic rings. The Morgan fingerprint density at radius 1 is 0.690 bits per heavy atom. The van der Waals surface area contributed by atoms with Gasteiger partial charge in [0.1, 0.15) is 28.1 Å². The molecule has 0 aromatic heterocycles. The lowest BCUT2D eigenvalue weighted by Gasteiger charge is -2.25. The molecule has 0 unspecified atom stereocenters. The minimum atomic E-state index is -6.86. The van der Waals surface area contributed by atoms with Gasteiger partial charge in [0.25, 0.3) is 0 Å². The highest BCUT2D eigenvalue weighted by Crippen LogP contribution is 2.40. The number of allylic oxidation sites excluding steroid dienone is 3. The summed E-state index contributed by atoms with van der Waals surface area (Å²) in [5.41, 5.74) is 2.25. The Balaban J connectivity index is 1.44. The van der Waals surface area contributed by atoms with E-state index in [0.29, 0.717) is 12.2 Å². The number of benzene rings is 4. The first-order chi connectivity index (χ1) is 27.4. The fourth-order valence-electron chi connectivity index (χ4n) is 6.49. The molecule has 0 heterocycles. The minimum absolute atomic E-state index is 0.114. The molecule has 0 aliphatic heterocycles.